The molecule has 0 bridgehead atoms. The number of imidazole rings is 1. The first kappa shape index (κ1) is 18.4. The molecule has 0 saturated carbocycles. The second-order valence-corrected chi connectivity index (χ2v) is 7.97. The first-order valence-electron chi connectivity index (χ1n) is 7.61. The van der Waals surface area contributed by atoms with Gasteiger partial charge in [-0.05, 0) is 35.9 Å². The summed E-state index contributed by atoms with van der Waals surface area (Å²) in [6.45, 7) is 0.801. The van der Waals surface area contributed by atoms with E-state index in [4.69, 9.17) is 34.8 Å². The van der Waals surface area contributed by atoms with Crippen LogP contribution in [0.25, 0.3) is 6.08 Å². The molecule has 0 aliphatic heterocycles. The quantitative estimate of drug-likeness (QED) is 0.421. The van der Waals surface area contributed by atoms with E-state index in [2.05, 4.69) is 21.7 Å². The minimum Gasteiger partial charge on any atom is -0.336 e. The van der Waals surface area contributed by atoms with E-state index in [1.165, 1.54) is 0 Å². The van der Waals surface area contributed by atoms with E-state index in [0.29, 0.717) is 10.0 Å². The molecule has 2 aromatic carbocycles. The Morgan fingerprint density at radius 3 is 2.52 bits per heavy atom. The molecule has 6 heteroatoms. The average molecular weight is 410 g/mol. The van der Waals surface area contributed by atoms with Gasteiger partial charge in [0.25, 0.3) is 0 Å². The molecule has 1 unspecified atom stereocenters. The van der Waals surface area contributed by atoms with Crippen molar-refractivity contribution in [1.82, 2.24) is 9.55 Å². The molecule has 25 heavy (non-hydrogen) atoms. The zero-order chi connectivity index (χ0) is 17.6. The third-order valence-electron chi connectivity index (χ3n) is 3.50. The van der Waals surface area contributed by atoms with Crippen LogP contribution in [-0.2, 0) is 6.54 Å². The standard InChI is InChI=1S/C19H15Cl3N2S/c20-15-4-1-14(2-5-15)3-6-17(12-24-10-9-23-13-24)25-16-7-8-18(21)19(22)11-16/h1-11,13,17H,12H2. The van der Waals surface area contributed by atoms with Crippen LogP contribution < -0.4 is 0 Å². The van der Waals surface area contributed by atoms with Gasteiger partial charge in [-0.15, -0.1) is 11.8 Å². The molecule has 1 atom stereocenters. The molecule has 0 radical (unpaired) electrons. The van der Waals surface area contributed by atoms with Gasteiger partial charge < -0.3 is 4.57 Å². The number of halogens is 3. The number of hydrogen-bond donors (Lipinski definition) is 0. The molecule has 0 amide bonds. The minimum atomic E-state index is 0.210. The van der Waals surface area contributed by atoms with Crippen molar-refractivity contribution < 1.29 is 0 Å². The molecule has 2 nitrogen and oxygen atoms in total. The molecule has 0 fully saturated rings. The van der Waals surface area contributed by atoms with Crippen LogP contribution in [0.4, 0.5) is 0 Å². The van der Waals surface area contributed by atoms with E-state index in [-0.39, 0.29) is 5.25 Å². The molecule has 0 aliphatic rings. The number of nitrogens with zero attached hydrogens (tertiary/aromatic N) is 2. The van der Waals surface area contributed by atoms with Crippen molar-refractivity contribution in [2.24, 2.45) is 0 Å². The van der Waals surface area contributed by atoms with Crippen LogP contribution >= 0.6 is 46.6 Å². The van der Waals surface area contributed by atoms with Crippen molar-refractivity contribution in [3.05, 3.63) is 87.9 Å². The molecule has 0 saturated heterocycles. The molecule has 1 heterocycles. The van der Waals surface area contributed by atoms with Crippen LogP contribution in [0.2, 0.25) is 15.1 Å². The van der Waals surface area contributed by atoms with Crippen LogP contribution in [0.3, 0.4) is 0 Å². The highest BCUT2D eigenvalue weighted by atomic mass is 35.5. The number of thioether (sulfide) groups is 1. The summed E-state index contributed by atoms with van der Waals surface area (Å²) in [4.78, 5) is 5.18. The summed E-state index contributed by atoms with van der Waals surface area (Å²) >= 11 is 19.8. The summed E-state index contributed by atoms with van der Waals surface area (Å²) in [5, 5.41) is 2.07. The van der Waals surface area contributed by atoms with Gasteiger partial charge in [0.1, 0.15) is 0 Å². The van der Waals surface area contributed by atoms with Gasteiger partial charge >= 0.3 is 0 Å². The number of aromatic nitrogens is 2. The summed E-state index contributed by atoms with van der Waals surface area (Å²) in [5.41, 5.74) is 1.11. The molecule has 0 N–H and O–H groups in total. The summed E-state index contributed by atoms with van der Waals surface area (Å²) in [7, 11) is 0. The van der Waals surface area contributed by atoms with Crippen LogP contribution in [0.15, 0.2) is 72.2 Å². The van der Waals surface area contributed by atoms with Crippen LogP contribution in [0.1, 0.15) is 5.56 Å². The molecule has 1 aromatic heterocycles. The van der Waals surface area contributed by atoms with E-state index in [9.17, 15) is 0 Å². The topological polar surface area (TPSA) is 17.8 Å². The predicted molar refractivity (Wildman–Crippen MR) is 109 cm³/mol. The summed E-state index contributed by atoms with van der Waals surface area (Å²) < 4.78 is 2.06. The summed E-state index contributed by atoms with van der Waals surface area (Å²) in [6, 6.07) is 13.5. The zero-order valence-electron chi connectivity index (χ0n) is 13.1. The predicted octanol–water partition coefficient (Wildman–Crippen LogP) is 6.72. The Morgan fingerprint density at radius 1 is 1.04 bits per heavy atom. The van der Waals surface area contributed by atoms with Crippen molar-refractivity contribution in [1.29, 1.82) is 0 Å². The van der Waals surface area contributed by atoms with Crippen LogP contribution in [-0.4, -0.2) is 14.8 Å². The fraction of sp³-hybridized carbons (Fsp3) is 0.105. The summed E-state index contributed by atoms with van der Waals surface area (Å²) in [6.07, 6.45) is 9.83. The van der Waals surface area contributed by atoms with Crippen molar-refractivity contribution in [3.63, 3.8) is 0 Å². The van der Waals surface area contributed by atoms with Gasteiger partial charge in [-0.1, -0.05) is 59.1 Å². The van der Waals surface area contributed by atoms with Gasteiger partial charge in [0.05, 0.1) is 16.4 Å². The van der Waals surface area contributed by atoms with E-state index >= 15 is 0 Å². The second kappa shape index (κ2) is 8.81. The van der Waals surface area contributed by atoms with Gasteiger partial charge in [0, 0.05) is 34.1 Å². The Morgan fingerprint density at radius 2 is 1.84 bits per heavy atom. The van der Waals surface area contributed by atoms with Crippen molar-refractivity contribution in [3.8, 4) is 0 Å². The maximum Gasteiger partial charge on any atom is 0.0946 e. The van der Waals surface area contributed by atoms with Gasteiger partial charge in [0.2, 0.25) is 0 Å². The lowest BCUT2D eigenvalue weighted by molar-refractivity contribution is 0.720. The Hall–Kier alpha value is -1.39. The SMILES string of the molecule is Clc1ccc(C=CC(Cn2ccnc2)Sc2ccc(Cl)c(Cl)c2)cc1. The second-order valence-electron chi connectivity index (χ2n) is 5.40. The van der Waals surface area contributed by atoms with Crippen LogP contribution in [0, 0.1) is 0 Å². The lowest BCUT2D eigenvalue weighted by Gasteiger charge is -2.14. The molecule has 128 valence electrons. The Labute approximate surface area is 166 Å². The van der Waals surface area contributed by atoms with E-state index in [1.54, 1.807) is 18.0 Å². The van der Waals surface area contributed by atoms with Gasteiger partial charge in [-0.3, -0.25) is 0 Å². The maximum absolute atomic E-state index is 6.14. The third-order valence-corrected chi connectivity index (χ3v) is 5.63. The monoisotopic (exact) mass is 408 g/mol. The largest absolute Gasteiger partial charge is 0.336 e. The number of hydrogen-bond acceptors (Lipinski definition) is 2. The lowest BCUT2D eigenvalue weighted by atomic mass is 10.2. The van der Waals surface area contributed by atoms with E-state index in [0.717, 1.165) is 22.0 Å². The first-order valence-corrected chi connectivity index (χ1v) is 9.63. The van der Waals surface area contributed by atoms with Gasteiger partial charge in [0.15, 0.2) is 0 Å². The van der Waals surface area contributed by atoms with Gasteiger partial charge in [-0.25, -0.2) is 4.98 Å². The normalized spacial score (nSPS) is 12.6. The highest BCUT2D eigenvalue weighted by Crippen LogP contribution is 2.31. The fourth-order valence-electron chi connectivity index (χ4n) is 2.26. The van der Waals surface area contributed by atoms with Gasteiger partial charge in [-0.2, -0.15) is 0 Å². The first-order chi connectivity index (χ1) is 12.1. The zero-order valence-corrected chi connectivity index (χ0v) is 16.2. The highest BCUT2D eigenvalue weighted by Gasteiger charge is 2.10. The average Bonchev–Trinajstić information content (AvgIpc) is 3.10. The Kier molecular flexibility index (Phi) is 6.49. The minimum absolute atomic E-state index is 0.210. The maximum atomic E-state index is 6.14. The molecule has 0 aliphatic carbocycles. The third kappa shape index (κ3) is 5.55. The fourth-order valence-corrected chi connectivity index (χ4v) is 3.83. The molecule has 3 rings (SSSR count). The molecule has 0 spiro atoms. The molecular formula is C19H15Cl3N2S. The van der Waals surface area contributed by atoms with E-state index in [1.807, 2.05) is 55.0 Å². The Bertz CT molecular complexity index is 846. The van der Waals surface area contributed by atoms with Crippen molar-refractivity contribution in [2.75, 3.05) is 0 Å². The molecular weight excluding hydrogens is 395 g/mol. The molecule has 3 aromatic rings. The van der Waals surface area contributed by atoms with E-state index < -0.39 is 0 Å². The highest BCUT2D eigenvalue weighted by molar-refractivity contribution is 8.00. The lowest BCUT2D eigenvalue weighted by Crippen LogP contribution is -2.09. The van der Waals surface area contributed by atoms with Crippen molar-refractivity contribution >= 4 is 52.6 Å². The van der Waals surface area contributed by atoms with Crippen molar-refractivity contribution in [2.45, 2.75) is 16.7 Å². The smallest absolute Gasteiger partial charge is 0.0946 e. The number of rotatable bonds is 6. The van der Waals surface area contributed by atoms with Crippen LogP contribution in [0.5, 0.6) is 0 Å². The summed E-state index contributed by atoms with van der Waals surface area (Å²) in [5.74, 6) is 0. The number of benzene rings is 2. The Balaban J connectivity index is 1.78.